The molecule has 1 aromatic heterocycles. The molecule has 0 aliphatic heterocycles. The van der Waals surface area contributed by atoms with Gasteiger partial charge in [0, 0.05) is 23.5 Å². The molecule has 4 heteroatoms. The van der Waals surface area contributed by atoms with Gasteiger partial charge in [0.05, 0.1) is 5.62 Å². The molecule has 2 N–H and O–H groups in total. The lowest BCUT2D eigenvalue weighted by atomic mass is 9.83. The number of nitrogens with zero attached hydrogens (tertiary/aromatic N) is 1. The van der Waals surface area contributed by atoms with Crippen LogP contribution in [-0.4, -0.2) is 42.1 Å². The fraction of sp³-hybridized carbons (Fsp3) is 0.385. The molecule has 0 spiro atoms. The van der Waals surface area contributed by atoms with Crippen LogP contribution in [0.25, 0.3) is 10.9 Å². The molecule has 0 bridgehead atoms. The van der Waals surface area contributed by atoms with Crippen LogP contribution in [0.3, 0.4) is 0 Å². The smallest absolute Gasteiger partial charge is 0.136 e. The van der Waals surface area contributed by atoms with Gasteiger partial charge in [0.2, 0.25) is 0 Å². The van der Waals surface area contributed by atoms with Crippen LogP contribution in [0.15, 0.2) is 30.5 Å². The Kier molecular flexibility index (Phi) is 3.27. The normalized spacial score (nSPS) is 15.3. The minimum absolute atomic E-state index is 0.404. The molecule has 0 amide bonds. The van der Waals surface area contributed by atoms with E-state index in [9.17, 15) is 5.11 Å². The van der Waals surface area contributed by atoms with Crippen molar-refractivity contribution in [2.75, 3.05) is 13.6 Å². The first-order chi connectivity index (χ1) is 8.04. The Hall–Kier alpha value is -1.26. The van der Waals surface area contributed by atoms with Gasteiger partial charge in [-0.3, -0.25) is 4.90 Å². The number of likely N-dealkylation sites (N-methyl/N-ethyl adjacent to an activating group) is 1. The standard InChI is InChI=1S/C13H17BN2O/c1-3-16(2)13(14,17)8-10-9-15-12-7-5-4-6-11(10)12/h4-7,9,15,17H,3,8H2,1-2H3. The van der Waals surface area contributed by atoms with Crippen molar-refractivity contribution in [3.05, 3.63) is 36.0 Å². The molecular weight excluding hydrogens is 211 g/mol. The first-order valence-electron chi connectivity index (χ1n) is 5.82. The lowest BCUT2D eigenvalue weighted by Crippen LogP contribution is -2.48. The summed E-state index contributed by atoms with van der Waals surface area (Å²) in [5.74, 6) is 0. The summed E-state index contributed by atoms with van der Waals surface area (Å²) >= 11 is 0. The quantitative estimate of drug-likeness (QED) is 0.614. The fourth-order valence-corrected chi connectivity index (χ4v) is 1.97. The summed E-state index contributed by atoms with van der Waals surface area (Å²) < 4.78 is 0. The molecule has 2 rings (SSSR count). The second-order valence-corrected chi connectivity index (χ2v) is 4.43. The van der Waals surface area contributed by atoms with Gasteiger partial charge in [-0.15, -0.1) is 0 Å². The topological polar surface area (TPSA) is 39.3 Å². The van der Waals surface area contributed by atoms with Crippen molar-refractivity contribution in [3.63, 3.8) is 0 Å². The van der Waals surface area contributed by atoms with Crippen molar-refractivity contribution >= 4 is 18.7 Å². The maximum absolute atomic E-state index is 10.2. The number of aromatic amines is 1. The number of H-pyrrole nitrogens is 1. The predicted octanol–water partition coefficient (Wildman–Crippen LogP) is 1.48. The van der Waals surface area contributed by atoms with E-state index in [0.717, 1.165) is 16.5 Å². The summed E-state index contributed by atoms with van der Waals surface area (Å²) in [7, 11) is 7.73. The average Bonchev–Trinajstić information content (AvgIpc) is 2.71. The highest BCUT2D eigenvalue weighted by molar-refractivity contribution is 6.14. The van der Waals surface area contributed by atoms with Crippen molar-refractivity contribution < 1.29 is 5.11 Å². The van der Waals surface area contributed by atoms with Crippen LogP contribution in [0.1, 0.15) is 12.5 Å². The van der Waals surface area contributed by atoms with Gasteiger partial charge in [-0.05, 0) is 25.2 Å². The zero-order valence-corrected chi connectivity index (χ0v) is 10.3. The van der Waals surface area contributed by atoms with Crippen LogP contribution in [0, 0.1) is 0 Å². The van der Waals surface area contributed by atoms with E-state index in [1.54, 1.807) is 4.90 Å². The second-order valence-electron chi connectivity index (χ2n) is 4.43. The maximum atomic E-state index is 10.2. The Labute approximate surface area is 103 Å². The van der Waals surface area contributed by atoms with Gasteiger partial charge in [0.1, 0.15) is 7.85 Å². The molecule has 1 heterocycles. The Morgan fingerprint density at radius 3 is 2.82 bits per heavy atom. The third-order valence-corrected chi connectivity index (χ3v) is 3.26. The van der Waals surface area contributed by atoms with Gasteiger partial charge >= 0.3 is 0 Å². The lowest BCUT2D eigenvalue weighted by molar-refractivity contribution is -0.0167. The zero-order valence-electron chi connectivity index (χ0n) is 10.3. The summed E-state index contributed by atoms with van der Waals surface area (Å²) in [6, 6.07) is 8.01. The lowest BCUT2D eigenvalue weighted by Gasteiger charge is -2.34. The number of nitrogens with one attached hydrogen (secondary N) is 1. The van der Waals surface area contributed by atoms with E-state index < -0.39 is 5.62 Å². The number of fused-ring (bicyclic) bond motifs is 1. The number of hydrogen-bond acceptors (Lipinski definition) is 2. The number of rotatable bonds is 4. The molecule has 0 saturated carbocycles. The van der Waals surface area contributed by atoms with Crippen LogP contribution in [0.2, 0.25) is 0 Å². The van der Waals surface area contributed by atoms with E-state index in [1.807, 2.05) is 44.4 Å². The zero-order chi connectivity index (χ0) is 12.5. The van der Waals surface area contributed by atoms with Crippen molar-refractivity contribution in [2.24, 2.45) is 0 Å². The van der Waals surface area contributed by atoms with Gasteiger partial charge < -0.3 is 10.1 Å². The van der Waals surface area contributed by atoms with Crippen LogP contribution in [0.4, 0.5) is 0 Å². The minimum Gasteiger partial charge on any atom is -0.385 e. The SMILES string of the molecule is [B]C(O)(Cc1c[nH]c2ccccc12)N(C)CC. The van der Waals surface area contributed by atoms with Crippen LogP contribution in [0.5, 0.6) is 0 Å². The predicted molar refractivity (Wildman–Crippen MR) is 71.0 cm³/mol. The second kappa shape index (κ2) is 4.55. The highest BCUT2D eigenvalue weighted by Crippen LogP contribution is 2.22. The summed E-state index contributed by atoms with van der Waals surface area (Å²) in [6.45, 7) is 2.67. The van der Waals surface area contributed by atoms with Crippen LogP contribution >= 0.6 is 0 Å². The Balaban J connectivity index is 2.30. The number of benzene rings is 1. The monoisotopic (exact) mass is 228 g/mol. The molecule has 0 aliphatic carbocycles. The molecule has 3 nitrogen and oxygen atoms in total. The molecule has 1 atom stereocenters. The minimum atomic E-state index is -1.31. The third-order valence-electron chi connectivity index (χ3n) is 3.26. The first kappa shape index (κ1) is 12.2. The number of aromatic nitrogens is 1. The van der Waals surface area contributed by atoms with Crippen LogP contribution < -0.4 is 0 Å². The Bertz CT molecular complexity index is 507. The van der Waals surface area contributed by atoms with E-state index >= 15 is 0 Å². The Morgan fingerprint density at radius 2 is 2.12 bits per heavy atom. The number of hydrogen-bond donors (Lipinski definition) is 2. The number of para-hydroxylation sites is 1. The average molecular weight is 228 g/mol. The molecule has 1 unspecified atom stereocenters. The first-order valence-corrected chi connectivity index (χ1v) is 5.82. The van der Waals surface area contributed by atoms with E-state index in [0.29, 0.717) is 13.0 Å². The molecule has 88 valence electrons. The highest BCUT2D eigenvalue weighted by Gasteiger charge is 2.25. The van der Waals surface area contributed by atoms with Crippen LogP contribution in [-0.2, 0) is 6.42 Å². The molecule has 2 radical (unpaired) electrons. The molecular formula is C13H17BN2O. The molecule has 17 heavy (non-hydrogen) atoms. The molecule has 0 fully saturated rings. The highest BCUT2D eigenvalue weighted by atomic mass is 16.3. The third kappa shape index (κ3) is 2.38. The fourth-order valence-electron chi connectivity index (χ4n) is 1.97. The molecule has 1 aromatic carbocycles. The van der Waals surface area contributed by atoms with Gasteiger partial charge in [-0.1, -0.05) is 25.1 Å². The Morgan fingerprint density at radius 1 is 1.41 bits per heavy atom. The van der Waals surface area contributed by atoms with Crippen molar-refractivity contribution in [1.82, 2.24) is 9.88 Å². The van der Waals surface area contributed by atoms with Crippen molar-refractivity contribution in [2.45, 2.75) is 19.0 Å². The van der Waals surface area contributed by atoms with E-state index in [1.165, 1.54) is 0 Å². The van der Waals surface area contributed by atoms with Crippen molar-refractivity contribution in [1.29, 1.82) is 0 Å². The van der Waals surface area contributed by atoms with E-state index in [-0.39, 0.29) is 0 Å². The number of aliphatic hydroxyl groups is 1. The van der Waals surface area contributed by atoms with Gasteiger partial charge in [0.25, 0.3) is 0 Å². The summed E-state index contributed by atoms with van der Waals surface area (Å²) in [5.41, 5.74) is 0.794. The largest absolute Gasteiger partial charge is 0.385 e. The molecule has 0 aliphatic rings. The maximum Gasteiger partial charge on any atom is 0.136 e. The summed E-state index contributed by atoms with van der Waals surface area (Å²) in [4.78, 5) is 4.91. The van der Waals surface area contributed by atoms with Crippen molar-refractivity contribution in [3.8, 4) is 0 Å². The molecule has 0 saturated heterocycles. The van der Waals surface area contributed by atoms with Gasteiger partial charge in [-0.2, -0.15) is 0 Å². The summed E-state index contributed by atoms with van der Waals surface area (Å²) in [5, 5.41) is 11.3. The summed E-state index contributed by atoms with van der Waals surface area (Å²) in [6.07, 6.45) is 2.31. The van der Waals surface area contributed by atoms with E-state index in [2.05, 4.69) is 4.98 Å². The molecule has 2 aromatic rings. The van der Waals surface area contributed by atoms with Gasteiger partial charge in [-0.25, -0.2) is 0 Å². The van der Waals surface area contributed by atoms with Gasteiger partial charge in [0.15, 0.2) is 0 Å². The van der Waals surface area contributed by atoms with E-state index in [4.69, 9.17) is 7.85 Å².